The zero-order valence-corrected chi connectivity index (χ0v) is 11.7. The minimum absolute atomic E-state index is 0.212. The van der Waals surface area contributed by atoms with Crippen molar-refractivity contribution in [1.29, 1.82) is 0 Å². The monoisotopic (exact) mass is 297 g/mol. The van der Waals surface area contributed by atoms with E-state index in [4.69, 9.17) is 5.11 Å². The van der Waals surface area contributed by atoms with Gasteiger partial charge in [0, 0.05) is 11.3 Å². The highest BCUT2D eigenvalue weighted by atomic mass is 32.2. The Labute approximate surface area is 117 Å². The predicted octanol–water partition coefficient (Wildman–Crippen LogP) is 0.335. The molecule has 2 N–H and O–H groups in total. The number of carbonyl (C=O) groups excluding carboxylic acids is 1. The predicted molar refractivity (Wildman–Crippen MR) is 74.4 cm³/mol. The van der Waals surface area contributed by atoms with Gasteiger partial charge in [-0.25, -0.2) is 8.42 Å². The molecule has 0 spiro atoms. The van der Waals surface area contributed by atoms with Crippen molar-refractivity contribution >= 4 is 21.7 Å². The summed E-state index contributed by atoms with van der Waals surface area (Å²) in [5.41, 5.74) is 0.923. The Kier molecular flexibility index (Phi) is 6.03. The van der Waals surface area contributed by atoms with E-state index in [1.807, 2.05) is 0 Å². The molecule has 0 aliphatic heterocycles. The second-order valence-electron chi connectivity index (χ2n) is 3.79. The number of carbonyl (C=O) groups is 1. The van der Waals surface area contributed by atoms with Gasteiger partial charge in [-0.15, -0.1) is 0 Å². The van der Waals surface area contributed by atoms with E-state index in [0.29, 0.717) is 11.3 Å². The highest BCUT2D eigenvalue weighted by Crippen LogP contribution is 2.12. The molecule has 0 aliphatic rings. The van der Waals surface area contributed by atoms with Crippen LogP contribution in [0.5, 0.6) is 0 Å². The van der Waals surface area contributed by atoms with E-state index >= 15 is 0 Å². The van der Waals surface area contributed by atoms with Crippen LogP contribution in [0.15, 0.2) is 24.3 Å². The third-order valence-corrected chi connectivity index (χ3v) is 3.54. The summed E-state index contributed by atoms with van der Waals surface area (Å²) in [5, 5.41) is 8.60. The molecule has 0 radical (unpaired) electrons. The standard InChI is InChI=1S/C13H15NO5S/c1-19-13(16)7-9-20(17,18)14-12-6-2-4-11(10-12)5-3-8-15/h2,4,6,10,14-15H,7-9H2,1H3. The molecule has 108 valence electrons. The first-order chi connectivity index (χ1) is 9.46. The summed E-state index contributed by atoms with van der Waals surface area (Å²) < 4.78 is 30.2. The summed E-state index contributed by atoms with van der Waals surface area (Å²) in [5.74, 6) is 4.20. The number of esters is 1. The molecule has 6 nitrogen and oxygen atoms in total. The van der Waals surface area contributed by atoms with E-state index in [1.54, 1.807) is 24.3 Å². The lowest BCUT2D eigenvalue weighted by Crippen LogP contribution is -2.19. The number of hydrogen-bond donors (Lipinski definition) is 2. The molecule has 0 unspecified atom stereocenters. The van der Waals surface area contributed by atoms with Crippen LogP contribution in [-0.2, 0) is 19.6 Å². The van der Waals surface area contributed by atoms with Crippen LogP contribution in [0.2, 0.25) is 0 Å². The van der Waals surface area contributed by atoms with Gasteiger partial charge in [0.15, 0.2) is 0 Å². The molecule has 0 aromatic heterocycles. The lowest BCUT2D eigenvalue weighted by atomic mass is 10.2. The normalized spacial score (nSPS) is 10.3. The fourth-order valence-electron chi connectivity index (χ4n) is 1.35. The number of aliphatic hydroxyl groups is 1. The molecular weight excluding hydrogens is 282 g/mol. The van der Waals surface area contributed by atoms with Crippen LogP contribution in [-0.4, -0.2) is 39.0 Å². The van der Waals surface area contributed by atoms with Gasteiger partial charge in [-0.05, 0) is 18.2 Å². The van der Waals surface area contributed by atoms with E-state index in [-0.39, 0.29) is 18.8 Å². The number of hydrogen-bond acceptors (Lipinski definition) is 5. The SMILES string of the molecule is COC(=O)CCS(=O)(=O)Nc1cccc(C#CCO)c1. The maximum atomic E-state index is 11.8. The van der Waals surface area contributed by atoms with Gasteiger partial charge in [0.25, 0.3) is 0 Å². The quantitative estimate of drug-likeness (QED) is 0.604. The van der Waals surface area contributed by atoms with Gasteiger partial charge >= 0.3 is 5.97 Å². The van der Waals surface area contributed by atoms with Crippen molar-refractivity contribution in [3.63, 3.8) is 0 Å². The fourth-order valence-corrected chi connectivity index (χ4v) is 2.38. The van der Waals surface area contributed by atoms with Gasteiger partial charge in [0.1, 0.15) is 6.61 Å². The first-order valence-corrected chi connectivity index (χ1v) is 7.39. The summed E-state index contributed by atoms with van der Waals surface area (Å²) >= 11 is 0. The molecule has 0 amide bonds. The molecule has 20 heavy (non-hydrogen) atoms. The average molecular weight is 297 g/mol. The topological polar surface area (TPSA) is 92.7 Å². The number of nitrogens with one attached hydrogen (secondary N) is 1. The molecule has 0 fully saturated rings. The van der Waals surface area contributed by atoms with E-state index in [1.165, 1.54) is 7.11 Å². The summed E-state index contributed by atoms with van der Waals surface area (Å²) in [7, 11) is -2.43. The number of ether oxygens (including phenoxy) is 1. The number of aliphatic hydroxyl groups excluding tert-OH is 1. The highest BCUT2D eigenvalue weighted by Gasteiger charge is 2.13. The summed E-state index contributed by atoms with van der Waals surface area (Å²) in [6, 6.07) is 6.44. The van der Waals surface area contributed by atoms with E-state index < -0.39 is 16.0 Å². The van der Waals surface area contributed by atoms with Crippen LogP contribution in [0, 0.1) is 11.8 Å². The van der Waals surface area contributed by atoms with E-state index in [9.17, 15) is 13.2 Å². The maximum absolute atomic E-state index is 11.8. The van der Waals surface area contributed by atoms with Crippen LogP contribution in [0.3, 0.4) is 0 Å². The van der Waals surface area contributed by atoms with Crippen molar-refractivity contribution in [1.82, 2.24) is 0 Å². The Hall–Kier alpha value is -2.04. The molecule has 0 saturated carbocycles. The molecular formula is C13H15NO5S. The van der Waals surface area contributed by atoms with Gasteiger partial charge in [-0.2, -0.15) is 0 Å². The third-order valence-electron chi connectivity index (χ3n) is 2.25. The Morgan fingerprint density at radius 2 is 2.20 bits per heavy atom. The van der Waals surface area contributed by atoms with Crippen molar-refractivity contribution < 1.29 is 23.1 Å². The molecule has 0 atom stereocenters. The van der Waals surface area contributed by atoms with Crippen LogP contribution in [0.1, 0.15) is 12.0 Å². The van der Waals surface area contributed by atoms with Gasteiger partial charge in [0.05, 0.1) is 19.3 Å². The largest absolute Gasteiger partial charge is 0.469 e. The van der Waals surface area contributed by atoms with Crippen LogP contribution >= 0.6 is 0 Å². The molecule has 1 rings (SSSR count). The zero-order chi connectivity index (χ0) is 15.0. The lowest BCUT2D eigenvalue weighted by molar-refractivity contribution is -0.140. The van der Waals surface area contributed by atoms with E-state index in [2.05, 4.69) is 21.3 Å². The van der Waals surface area contributed by atoms with Crippen molar-refractivity contribution in [3.8, 4) is 11.8 Å². The number of sulfonamides is 1. The molecule has 0 aliphatic carbocycles. The van der Waals surface area contributed by atoms with Crippen molar-refractivity contribution in [2.45, 2.75) is 6.42 Å². The van der Waals surface area contributed by atoms with Crippen molar-refractivity contribution in [2.24, 2.45) is 0 Å². The summed E-state index contributed by atoms with van der Waals surface area (Å²) in [6.07, 6.45) is -0.212. The lowest BCUT2D eigenvalue weighted by Gasteiger charge is -2.07. The number of benzene rings is 1. The van der Waals surface area contributed by atoms with Crippen molar-refractivity contribution in [2.75, 3.05) is 24.2 Å². The summed E-state index contributed by atoms with van der Waals surface area (Å²) in [4.78, 5) is 10.9. The van der Waals surface area contributed by atoms with Gasteiger partial charge in [-0.1, -0.05) is 17.9 Å². The number of anilines is 1. The minimum atomic E-state index is -3.63. The number of rotatable bonds is 5. The zero-order valence-electron chi connectivity index (χ0n) is 10.9. The second kappa shape index (κ2) is 7.53. The second-order valence-corrected chi connectivity index (χ2v) is 5.63. The molecule has 0 heterocycles. The molecule has 1 aromatic rings. The Balaban J connectivity index is 2.74. The first kappa shape index (κ1) is 16.0. The van der Waals surface area contributed by atoms with Gasteiger partial charge in [-0.3, -0.25) is 9.52 Å². The maximum Gasteiger partial charge on any atom is 0.306 e. The molecule has 7 heteroatoms. The van der Waals surface area contributed by atoms with Gasteiger partial charge in [0.2, 0.25) is 10.0 Å². The van der Waals surface area contributed by atoms with Crippen LogP contribution in [0.4, 0.5) is 5.69 Å². The van der Waals surface area contributed by atoms with E-state index in [0.717, 1.165) is 0 Å². The minimum Gasteiger partial charge on any atom is -0.469 e. The molecule has 0 bridgehead atoms. The molecule has 1 aromatic carbocycles. The molecule has 0 saturated heterocycles. The summed E-state index contributed by atoms with van der Waals surface area (Å²) in [6.45, 7) is -0.269. The first-order valence-electron chi connectivity index (χ1n) is 5.74. The number of methoxy groups -OCH3 is 1. The van der Waals surface area contributed by atoms with Gasteiger partial charge < -0.3 is 9.84 Å². The third kappa shape index (κ3) is 5.73. The van der Waals surface area contributed by atoms with Crippen LogP contribution < -0.4 is 4.72 Å². The Morgan fingerprint density at radius 3 is 2.85 bits per heavy atom. The fraction of sp³-hybridized carbons (Fsp3) is 0.308. The Bertz CT molecular complexity index is 628. The average Bonchev–Trinajstić information content (AvgIpc) is 2.42. The van der Waals surface area contributed by atoms with Crippen LogP contribution in [0.25, 0.3) is 0 Å². The smallest absolute Gasteiger partial charge is 0.306 e. The van der Waals surface area contributed by atoms with Crippen molar-refractivity contribution in [3.05, 3.63) is 29.8 Å². The highest BCUT2D eigenvalue weighted by molar-refractivity contribution is 7.92. The Morgan fingerprint density at radius 1 is 1.45 bits per heavy atom.